The molecule has 4 rings (SSSR count). The van der Waals surface area contributed by atoms with Gasteiger partial charge in [0.2, 0.25) is 0 Å². The number of amides is 2. The number of imide groups is 1. The zero-order valence-corrected chi connectivity index (χ0v) is 18.6. The van der Waals surface area contributed by atoms with Gasteiger partial charge in [-0.25, -0.2) is 9.29 Å². The third-order valence-electron chi connectivity index (χ3n) is 5.85. The van der Waals surface area contributed by atoms with E-state index in [9.17, 15) is 32.3 Å². The molecule has 0 saturated carbocycles. The van der Waals surface area contributed by atoms with Gasteiger partial charge in [-0.1, -0.05) is 18.7 Å². The maximum atomic E-state index is 13.7. The molecular weight excluding hydrogens is 501 g/mol. The normalized spacial score (nSPS) is 26.8. The number of hydrogen-bond acceptors (Lipinski definition) is 4. The molecule has 2 amide bonds. The second kappa shape index (κ2) is 8.02. The van der Waals surface area contributed by atoms with Crippen LogP contribution in [0.4, 0.5) is 23.2 Å². The van der Waals surface area contributed by atoms with E-state index in [1.165, 1.54) is 24.3 Å². The van der Waals surface area contributed by atoms with Gasteiger partial charge in [-0.2, -0.15) is 0 Å². The summed E-state index contributed by atoms with van der Waals surface area (Å²) in [5.41, 5.74) is 0.0331. The van der Waals surface area contributed by atoms with Crippen LogP contribution < -0.4 is 9.64 Å². The van der Waals surface area contributed by atoms with E-state index in [1.54, 1.807) is 0 Å². The van der Waals surface area contributed by atoms with Crippen molar-refractivity contribution in [3.63, 3.8) is 0 Å². The number of phenolic OH excluding ortho intramolecular Hbond substituents is 1. The number of carbonyl (C=O) groups excluding carboxylic acids is 2. The summed E-state index contributed by atoms with van der Waals surface area (Å²) >= 11 is 13.6. The zero-order chi connectivity index (χ0) is 25.1. The van der Waals surface area contributed by atoms with Crippen molar-refractivity contribution in [3.05, 3.63) is 78.1 Å². The Morgan fingerprint density at radius 3 is 2.35 bits per heavy atom. The number of carbonyl (C=O) groups is 2. The first kappa shape index (κ1) is 24.1. The lowest BCUT2D eigenvalue weighted by atomic mass is 9.68. The molecule has 0 aromatic heterocycles. The lowest BCUT2D eigenvalue weighted by Crippen LogP contribution is -2.54. The second-order valence-corrected chi connectivity index (χ2v) is 8.99. The summed E-state index contributed by atoms with van der Waals surface area (Å²) in [5.74, 6) is -5.06. The first-order valence-corrected chi connectivity index (χ1v) is 10.5. The molecule has 1 aliphatic heterocycles. The van der Waals surface area contributed by atoms with Gasteiger partial charge in [0.1, 0.15) is 17.3 Å². The van der Waals surface area contributed by atoms with E-state index in [-0.39, 0.29) is 23.2 Å². The number of halogens is 6. The fraction of sp³-hybridized carbons (Fsp3) is 0.217. The van der Waals surface area contributed by atoms with Gasteiger partial charge in [0.25, 0.3) is 11.8 Å². The Kier molecular flexibility index (Phi) is 5.69. The largest absolute Gasteiger partial charge is 0.573 e. The van der Waals surface area contributed by atoms with Crippen molar-refractivity contribution in [3.8, 4) is 11.5 Å². The number of phenols is 1. The lowest BCUT2D eigenvalue weighted by molar-refractivity contribution is -0.274. The predicted octanol–water partition coefficient (Wildman–Crippen LogP) is 5.56. The molecule has 2 aromatic carbocycles. The van der Waals surface area contributed by atoms with Crippen LogP contribution in [0.25, 0.3) is 0 Å². The van der Waals surface area contributed by atoms with Gasteiger partial charge in [0.05, 0.1) is 5.69 Å². The maximum Gasteiger partial charge on any atom is 0.573 e. The number of hydrogen-bond donors (Lipinski definition) is 1. The molecule has 2 aliphatic rings. The molecule has 3 atom stereocenters. The molecule has 5 nitrogen and oxygen atoms in total. The van der Waals surface area contributed by atoms with Crippen LogP contribution in [-0.4, -0.2) is 33.0 Å². The van der Waals surface area contributed by atoms with Crippen LogP contribution in [0.3, 0.4) is 0 Å². The van der Waals surface area contributed by atoms with Gasteiger partial charge in [-0.3, -0.25) is 9.59 Å². The minimum atomic E-state index is -5.02. The van der Waals surface area contributed by atoms with Crippen LogP contribution in [0, 0.1) is 5.82 Å². The van der Waals surface area contributed by atoms with Gasteiger partial charge in [-0.05, 0) is 54.5 Å². The second-order valence-electron chi connectivity index (χ2n) is 7.75. The molecule has 0 radical (unpaired) electrons. The molecule has 11 heteroatoms. The van der Waals surface area contributed by atoms with Gasteiger partial charge in [0, 0.05) is 11.5 Å². The number of nitrogens with zero attached hydrogens (tertiary/aromatic N) is 1. The number of benzene rings is 2. The third kappa shape index (κ3) is 3.54. The Morgan fingerprint density at radius 1 is 1.12 bits per heavy atom. The average Bonchev–Trinajstić information content (AvgIpc) is 2.92. The van der Waals surface area contributed by atoms with Crippen LogP contribution in [-0.2, 0) is 9.59 Å². The number of aromatic hydroxyl groups is 1. The lowest BCUT2D eigenvalue weighted by Gasteiger charge is -2.42. The van der Waals surface area contributed by atoms with Crippen LogP contribution in [0.1, 0.15) is 17.9 Å². The Balaban J connectivity index is 1.91. The summed E-state index contributed by atoms with van der Waals surface area (Å²) in [6, 6.07) is 7.15. The van der Waals surface area contributed by atoms with Crippen LogP contribution >= 0.6 is 23.2 Å². The van der Waals surface area contributed by atoms with E-state index >= 15 is 0 Å². The van der Waals surface area contributed by atoms with Gasteiger partial charge < -0.3 is 9.84 Å². The Hall–Kier alpha value is -3.04. The first-order chi connectivity index (χ1) is 15.8. The number of anilines is 1. The summed E-state index contributed by atoms with van der Waals surface area (Å²) in [7, 11) is 0. The van der Waals surface area contributed by atoms with E-state index in [2.05, 4.69) is 11.3 Å². The molecule has 1 heterocycles. The number of fused-ring (bicyclic) bond motifs is 1. The van der Waals surface area contributed by atoms with Crippen LogP contribution in [0.2, 0.25) is 0 Å². The predicted molar refractivity (Wildman–Crippen MR) is 116 cm³/mol. The summed E-state index contributed by atoms with van der Waals surface area (Å²) in [6.45, 7) is 3.66. The molecule has 3 unspecified atom stereocenters. The molecule has 1 fully saturated rings. The van der Waals surface area contributed by atoms with Crippen molar-refractivity contribution in [1.82, 2.24) is 0 Å². The van der Waals surface area contributed by atoms with Gasteiger partial charge >= 0.3 is 6.36 Å². The Bertz CT molecular complexity index is 1230. The van der Waals surface area contributed by atoms with E-state index in [0.29, 0.717) is 4.90 Å². The van der Waals surface area contributed by atoms with Crippen molar-refractivity contribution in [2.75, 3.05) is 4.90 Å². The van der Waals surface area contributed by atoms with Crippen LogP contribution in [0.15, 0.2) is 66.8 Å². The third-order valence-corrected chi connectivity index (χ3v) is 7.26. The van der Waals surface area contributed by atoms with Crippen LogP contribution in [0.5, 0.6) is 11.5 Å². The van der Waals surface area contributed by atoms with Gasteiger partial charge in [-0.15, -0.1) is 36.4 Å². The highest BCUT2D eigenvalue weighted by Crippen LogP contribution is 2.60. The van der Waals surface area contributed by atoms with E-state index < -0.39 is 51.2 Å². The van der Waals surface area contributed by atoms with E-state index in [1.807, 2.05) is 0 Å². The number of ether oxygens (including phenoxy) is 1. The molecule has 178 valence electrons. The maximum absolute atomic E-state index is 13.7. The minimum absolute atomic E-state index is 0.00290. The Labute approximate surface area is 200 Å². The topological polar surface area (TPSA) is 66.8 Å². The minimum Gasteiger partial charge on any atom is -0.508 e. The zero-order valence-electron chi connectivity index (χ0n) is 17.1. The monoisotopic (exact) mass is 515 g/mol. The summed E-state index contributed by atoms with van der Waals surface area (Å²) in [4.78, 5) is 23.4. The van der Waals surface area contributed by atoms with Crippen molar-refractivity contribution in [2.24, 2.45) is 0 Å². The highest BCUT2D eigenvalue weighted by atomic mass is 35.5. The van der Waals surface area contributed by atoms with Crippen molar-refractivity contribution < 1.29 is 37.0 Å². The molecular formula is C23H15Cl2F4NO4. The molecule has 2 aromatic rings. The summed E-state index contributed by atoms with van der Waals surface area (Å²) in [6.07, 6.45) is -2.45. The molecule has 1 N–H and O–H groups in total. The quantitative estimate of drug-likeness (QED) is 0.329. The van der Waals surface area contributed by atoms with Crippen molar-refractivity contribution in [2.45, 2.75) is 28.4 Å². The molecule has 0 bridgehead atoms. The smallest absolute Gasteiger partial charge is 0.508 e. The number of alkyl halides is 5. The highest BCUT2D eigenvalue weighted by Gasteiger charge is 2.73. The summed E-state index contributed by atoms with van der Waals surface area (Å²) in [5, 5.41) is 10.5. The molecule has 1 saturated heterocycles. The molecule has 34 heavy (non-hydrogen) atoms. The highest BCUT2D eigenvalue weighted by molar-refractivity contribution is 6.58. The number of rotatable bonds is 4. The molecule has 0 spiro atoms. The SMILES string of the molecule is C=CC1=CCC2(Cl)C(=O)N(c3ccc(F)cc3)C(=O)C2(Cl)C1c1cc(OC(F)(F)F)ccc1O. The van der Waals surface area contributed by atoms with E-state index in [0.717, 1.165) is 30.3 Å². The fourth-order valence-corrected chi connectivity index (χ4v) is 5.17. The summed E-state index contributed by atoms with van der Waals surface area (Å²) < 4.78 is 55.8. The molecule has 1 aliphatic carbocycles. The first-order valence-electron chi connectivity index (χ1n) is 9.77. The fourth-order valence-electron chi connectivity index (χ4n) is 4.33. The van der Waals surface area contributed by atoms with Gasteiger partial charge in [0.15, 0.2) is 9.75 Å². The van der Waals surface area contributed by atoms with Crippen molar-refractivity contribution in [1.29, 1.82) is 0 Å². The van der Waals surface area contributed by atoms with E-state index in [4.69, 9.17) is 23.2 Å². The number of allylic oxidation sites excluding steroid dienone is 3. The van der Waals surface area contributed by atoms with Crippen molar-refractivity contribution >= 4 is 40.7 Å². The average molecular weight is 516 g/mol. The Morgan fingerprint density at radius 2 is 1.76 bits per heavy atom. The standard InChI is InChI=1S/C23H15Cl2F4NO4/c1-2-12-9-10-21(24)19(32)30(14-5-3-13(26)4-6-14)20(33)22(21,25)18(12)16-11-15(7-8-17(16)31)34-23(27,28)29/h2-9,11,18,31H,1,10H2.